The summed E-state index contributed by atoms with van der Waals surface area (Å²) in [4.78, 5) is 12.7. The van der Waals surface area contributed by atoms with E-state index in [0.717, 1.165) is 22.1 Å². The number of hydrogen-bond donors (Lipinski definition) is 1. The third-order valence-electron chi connectivity index (χ3n) is 3.95. The van der Waals surface area contributed by atoms with Gasteiger partial charge in [-0.05, 0) is 48.4 Å². The van der Waals surface area contributed by atoms with Crippen molar-refractivity contribution in [1.82, 2.24) is 0 Å². The SMILES string of the molecule is Cc1cccc(NC(=O)c2cc(Br)ccc2OCCc2ccccc2)c1. The molecular formula is C22H20BrNO2. The Hall–Kier alpha value is -2.59. The first-order valence-corrected chi connectivity index (χ1v) is 9.25. The van der Waals surface area contributed by atoms with E-state index < -0.39 is 0 Å². The van der Waals surface area contributed by atoms with Crippen LogP contribution in [0.25, 0.3) is 0 Å². The molecule has 0 atom stereocenters. The number of anilines is 1. The van der Waals surface area contributed by atoms with Gasteiger partial charge in [-0.25, -0.2) is 0 Å². The van der Waals surface area contributed by atoms with Gasteiger partial charge in [0.25, 0.3) is 5.91 Å². The molecule has 0 bridgehead atoms. The molecule has 0 saturated heterocycles. The van der Waals surface area contributed by atoms with E-state index in [9.17, 15) is 4.79 Å². The highest BCUT2D eigenvalue weighted by Gasteiger charge is 2.14. The van der Waals surface area contributed by atoms with Gasteiger partial charge in [0.1, 0.15) is 5.75 Å². The Kier molecular flexibility index (Phi) is 6.08. The lowest BCUT2D eigenvalue weighted by molar-refractivity contribution is 0.102. The quantitative estimate of drug-likeness (QED) is 0.572. The van der Waals surface area contributed by atoms with Gasteiger partial charge >= 0.3 is 0 Å². The zero-order valence-electron chi connectivity index (χ0n) is 14.5. The standard InChI is InChI=1S/C22H20BrNO2/c1-16-6-5-9-19(14-16)24-22(25)20-15-18(23)10-11-21(20)26-13-12-17-7-3-2-4-8-17/h2-11,14-15H,12-13H2,1H3,(H,24,25). The first kappa shape index (κ1) is 18.2. The number of benzene rings is 3. The van der Waals surface area contributed by atoms with Gasteiger partial charge in [-0.1, -0.05) is 58.4 Å². The van der Waals surface area contributed by atoms with E-state index in [1.54, 1.807) is 6.07 Å². The number of hydrogen-bond acceptors (Lipinski definition) is 2. The Labute approximate surface area is 162 Å². The number of ether oxygens (including phenoxy) is 1. The van der Waals surface area contributed by atoms with Gasteiger partial charge in [0.05, 0.1) is 12.2 Å². The van der Waals surface area contributed by atoms with Crippen molar-refractivity contribution in [3.05, 3.63) is 94.0 Å². The van der Waals surface area contributed by atoms with Crippen molar-refractivity contribution in [3.8, 4) is 5.75 Å². The highest BCUT2D eigenvalue weighted by Crippen LogP contribution is 2.25. The maximum absolute atomic E-state index is 12.7. The first-order valence-electron chi connectivity index (χ1n) is 8.46. The van der Waals surface area contributed by atoms with Gasteiger partial charge in [-0.15, -0.1) is 0 Å². The number of amides is 1. The molecule has 0 fully saturated rings. The van der Waals surface area contributed by atoms with Crippen LogP contribution in [0.4, 0.5) is 5.69 Å². The summed E-state index contributed by atoms with van der Waals surface area (Å²) < 4.78 is 6.73. The van der Waals surface area contributed by atoms with Crippen molar-refractivity contribution >= 4 is 27.5 Å². The van der Waals surface area contributed by atoms with Crippen LogP contribution in [-0.2, 0) is 6.42 Å². The summed E-state index contributed by atoms with van der Waals surface area (Å²) in [7, 11) is 0. The molecule has 3 nitrogen and oxygen atoms in total. The Morgan fingerprint density at radius 2 is 1.81 bits per heavy atom. The van der Waals surface area contributed by atoms with Crippen LogP contribution in [0.5, 0.6) is 5.75 Å². The molecule has 26 heavy (non-hydrogen) atoms. The largest absolute Gasteiger partial charge is 0.492 e. The van der Waals surface area contributed by atoms with Crippen LogP contribution in [0, 0.1) is 6.92 Å². The van der Waals surface area contributed by atoms with E-state index in [4.69, 9.17) is 4.74 Å². The summed E-state index contributed by atoms with van der Waals surface area (Å²) in [5.74, 6) is 0.390. The number of halogens is 1. The Morgan fingerprint density at radius 1 is 1.00 bits per heavy atom. The molecule has 0 heterocycles. The van der Waals surface area contributed by atoms with Crippen molar-refractivity contribution in [3.63, 3.8) is 0 Å². The summed E-state index contributed by atoms with van der Waals surface area (Å²) in [6.45, 7) is 2.50. The molecule has 0 radical (unpaired) electrons. The van der Waals surface area contributed by atoms with Crippen LogP contribution in [0.3, 0.4) is 0 Å². The third kappa shape index (κ3) is 4.96. The molecule has 0 saturated carbocycles. The molecule has 0 aliphatic carbocycles. The first-order chi connectivity index (χ1) is 12.6. The molecule has 1 N–H and O–H groups in total. The lowest BCUT2D eigenvalue weighted by Crippen LogP contribution is -2.14. The average Bonchev–Trinajstić information content (AvgIpc) is 2.64. The van der Waals surface area contributed by atoms with Crippen LogP contribution in [0.1, 0.15) is 21.5 Å². The van der Waals surface area contributed by atoms with Crippen LogP contribution in [-0.4, -0.2) is 12.5 Å². The molecule has 1 amide bonds. The van der Waals surface area contributed by atoms with Crippen molar-refractivity contribution in [2.24, 2.45) is 0 Å². The van der Waals surface area contributed by atoms with Crippen molar-refractivity contribution in [2.75, 3.05) is 11.9 Å². The highest BCUT2D eigenvalue weighted by atomic mass is 79.9. The Balaban J connectivity index is 1.71. The predicted molar refractivity (Wildman–Crippen MR) is 109 cm³/mol. The zero-order chi connectivity index (χ0) is 18.4. The molecule has 0 spiro atoms. The maximum Gasteiger partial charge on any atom is 0.259 e. The molecule has 3 aromatic carbocycles. The molecule has 4 heteroatoms. The number of carbonyl (C=O) groups is 1. The summed E-state index contributed by atoms with van der Waals surface area (Å²) in [5, 5.41) is 2.93. The molecule has 3 rings (SSSR count). The fourth-order valence-corrected chi connectivity index (χ4v) is 3.01. The van der Waals surface area contributed by atoms with Gasteiger partial charge in [-0.3, -0.25) is 4.79 Å². The summed E-state index contributed by atoms with van der Waals surface area (Å²) in [6.07, 6.45) is 0.788. The molecule has 0 aromatic heterocycles. The van der Waals surface area contributed by atoms with Crippen molar-refractivity contribution in [1.29, 1.82) is 0 Å². The van der Waals surface area contributed by atoms with Gasteiger partial charge in [0.2, 0.25) is 0 Å². The lowest BCUT2D eigenvalue weighted by Gasteiger charge is -2.13. The topological polar surface area (TPSA) is 38.3 Å². The minimum absolute atomic E-state index is 0.188. The Bertz CT molecular complexity index is 894. The van der Waals surface area contributed by atoms with Gasteiger partial charge in [0, 0.05) is 16.6 Å². The lowest BCUT2D eigenvalue weighted by atomic mass is 10.1. The maximum atomic E-state index is 12.7. The monoisotopic (exact) mass is 409 g/mol. The zero-order valence-corrected chi connectivity index (χ0v) is 16.1. The minimum atomic E-state index is -0.188. The molecule has 0 aliphatic rings. The van der Waals surface area contributed by atoms with Crippen molar-refractivity contribution in [2.45, 2.75) is 13.3 Å². The van der Waals surface area contributed by atoms with Crippen molar-refractivity contribution < 1.29 is 9.53 Å². The smallest absolute Gasteiger partial charge is 0.259 e. The molecule has 0 unspecified atom stereocenters. The fourth-order valence-electron chi connectivity index (χ4n) is 2.65. The second-order valence-electron chi connectivity index (χ2n) is 6.05. The van der Waals surface area contributed by atoms with Gasteiger partial charge < -0.3 is 10.1 Å². The van der Waals surface area contributed by atoms with E-state index in [0.29, 0.717) is 17.9 Å². The average molecular weight is 410 g/mol. The Morgan fingerprint density at radius 3 is 2.58 bits per heavy atom. The van der Waals surface area contributed by atoms with E-state index in [2.05, 4.69) is 33.4 Å². The van der Waals surface area contributed by atoms with Crippen LogP contribution in [0.2, 0.25) is 0 Å². The van der Waals surface area contributed by atoms with E-state index in [1.807, 2.05) is 61.5 Å². The fraction of sp³-hybridized carbons (Fsp3) is 0.136. The van der Waals surface area contributed by atoms with Crippen LogP contribution < -0.4 is 10.1 Å². The van der Waals surface area contributed by atoms with Crippen LogP contribution in [0.15, 0.2) is 77.3 Å². The van der Waals surface area contributed by atoms with E-state index >= 15 is 0 Å². The molecule has 3 aromatic rings. The minimum Gasteiger partial charge on any atom is -0.492 e. The second-order valence-corrected chi connectivity index (χ2v) is 6.96. The number of nitrogens with one attached hydrogen (secondary N) is 1. The predicted octanol–water partition coefficient (Wildman–Crippen LogP) is 5.63. The normalized spacial score (nSPS) is 10.4. The second kappa shape index (κ2) is 8.68. The van der Waals surface area contributed by atoms with Gasteiger partial charge in [0.15, 0.2) is 0 Å². The van der Waals surface area contributed by atoms with Crippen LogP contribution >= 0.6 is 15.9 Å². The van der Waals surface area contributed by atoms with E-state index in [-0.39, 0.29) is 5.91 Å². The van der Waals surface area contributed by atoms with Gasteiger partial charge in [-0.2, -0.15) is 0 Å². The summed E-state index contributed by atoms with van der Waals surface area (Å²) in [6, 6.07) is 23.3. The summed E-state index contributed by atoms with van der Waals surface area (Å²) >= 11 is 3.43. The number of carbonyl (C=O) groups excluding carboxylic acids is 1. The third-order valence-corrected chi connectivity index (χ3v) is 4.45. The highest BCUT2D eigenvalue weighted by molar-refractivity contribution is 9.10. The van der Waals surface area contributed by atoms with E-state index in [1.165, 1.54) is 5.56 Å². The number of rotatable bonds is 6. The molecule has 132 valence electrons. The number of aryl methyl sites for hydroxylation is 1. The summed E-state index contributed by atoms with van der Waals surface area (Å²) in [5.41, 5.74) is 3.57. The molecular weight excluding hydrogens is 390 g/mol. The molecule has 0 aliphatic heterocycles.